The maximum atomic E-state index is 5.75. The van der Waals surface area contributed by atoms with Crippen molar-refractivity contribution in [3.05, 3.63) is 30.0 Å². The minimum absolute atomic E-state index is 0.0967. The third-order valence-electron chi connectivity index (χ3n) is 3.92. The van der Waals surface area contributed by atoms with Gasteiger partial charge in [0.2, 0.25) is 0 Å². The Kier molecular flexibility index (Phi) is 4.00. The molecule has 4 nitrogen and oxygen atoms in total. The molecule has 1 aromatic carbocycles. The van der Waals surface area contributed by atoms with Crippen LogP contribution in [0.15, 0.2) is 24.3 Å². The lowest BCUT2D eigenvalue weighted by molar-refractivity contribution is 0.0949. The van der Waals surface area contributed by atoms with E-state index in [9.17, 15) is 0 Å². The second-order valence-electron chi connectivity index (χ2n) is 6.88. The van der Waals surface area contributed by atoms with Crippen molar-refractivity contribution < 1.29 is 4.74 Å². The van der Waals surface area contributed by atoms with Crippen LogP contribution in [0, 0.1) is 0 Å². The Morgan fingerprint density at radius 2 is 2.14 bits per heavy atom. The third kappa shape index (κ3) is 3.44. The number of hydrogen-bond acceptors (Lipinski definition) is 3. The van der Waals surface area contributed by atoms with E-state index < -0.39 is 0 Å². The van der Waals surface area contributed by atoms with Gasteiger partial charge in [-0.15, -0.1) is 0 Å². The number of nitrogens with zero attached hydrogens (tertiary/aromatic N) is 2. The molecule has 2 aromatic rings. The van der Waals surface area contributed by atoms with Crippen molar-refractivity contribution in [2.45, 2.75) is 58.3 Å². The first-order chi connectivity index (χ1) is 10.0. The molecule has 0 spiro atoms. The highest BCUT2D eigenvalue weighted by atomic mass is 16.5. The zero-order valence-corrected chi connectivity index (χ0v) is 13.2. The van der Waals surface area contributed by atoms with Crippen LogP contribution in [0.25, 0.3) is 10.9 Å². The van der Waals surface area contributed by atoms with Crippen molar-refractivity contribution in [3.8, 4) is 0 Å². The van der Waals surface area contributed by atoms with Crippen molar-refractivity contribution in [1.29, 1.82) is 0 Å². The van der Waals surface area contributed by atoms with E-state index in [4.69, 9.17) is 9.84 Å². The molecule has 1 fully saturated rings. The fourth-order valence-corrected chi connectivity index (χ4v) is 2.80. The highest BCUT2D eigenvalue weighted by Crippen LogP contribution is 2.21. The van der Waals surface area contributed by atoms with Gasteiger partial charge in [0.15, 0.2) is 0 Å². The van der Waals surface area contributed by atoms with Crippen LogP contribution in [0.4, 0.5) is 0 Å². The van der Waals surface area contributed by atoms with Gasteiger partial charge in [0.1, 0.15) is 0 Å². The average Bonchev–Trinajstić information content (AvgIpc) is 3.05. The maximum absolute atomic E-state index is 5.75. The summed E-state index contributed by atoms with van der Waals surface area (Å²) >= 11 is 0. The molecule has 3 rings (SSSR count). The van der Waals surface area contributed by atoms with Crippen LogP contribution in [0.1, 0.15) is 39.3 Å². The predicted octanol–water partition coefficient (Wildman–Crippen LogP) is 3.10. The minimum Gasteiger partial charge on any atom is -0.376 e. The van der Waals surface area contributed by atoms with Gasteiger partial charge in [-0.25, -0.2) is 0 Å². The summed E-state index contributed by atoms with van der Waals surface area (Å²) in [5, 5.41) is 9.60. The number of nitrogens with one attached hydrogen (secondary N) is 1. The summed E-state index contributed by atoms with van der Waals surface area (Å²) in [4.78, 5) is 0. The molecule has 0 aliphatic carbocycles. The SMILES string of the molecule is CC(C)(C)NCc1nn(CC2CCCO2)c2ccccc12. The topological polar surface area (TPSA) is 39.1 Å². The predicted molar refractivity (Wildman–Crippen MR) is 85.3 cm³/mol. The summed E-state index contributed by atoms with van der Waals surface area (Å²) < 4.78 is 7.87. The molecule has 1 N–H and O–H groups in total. The van der Waals surface area contributed by atoms with Gasteiger partial charge in [-0.05, 0) is 39.7 Å². The molecule has 1 aliphatic rings. The Balaban J connectivity index is 1.86. The van der Waals surface area contributed by atoms with Gasteiger partial charge >= 0.3 is 0 Å². The normalized spacial score (nSPS) is 19.5. The first-order valence-electron chi connectivity index (χ1n) is 7.84. The third-order valence-corrected chi connectivity index (χ3v) is 3.92. The molecule has 0 bridgehead atoms. The van der Waals surface area contributed by atoms with E-state index in [1.807, 2.05) is 0 Å². The van der Waals surface area contributed by atoms with Crippen LogP contribution in [-0.2, 0) is 17.8 Å². The average molecular weight is 287 g/mol. The molecule has 1 unspecified atom stereocenters. The van der Waals surface area contributed by atoms with Gasteiger partial charge in [-0.3, -0.25) is 4.68 Å². The fourth-order valence-electron chi connectivity index (χ4n) is 2.80. The van der Waals surface area contributed by atoms with Gasteiger partial charge in [-0.2, -0.15) is 5.10 Å². The van der Waals surface area contributed by atoms with Crippen LogP contribution in [0.5, 0.6) is 0 Å². The number of ether oxygens (including phenoxy) is 1. The summed E-state index contributed by atoms with van der Waals surface area (Å²) in [6.45, 7) is 9.08. The maximum Gasteiger partial charge on any atom is 0.0841 e. The van der Waals surface area contributed by atoms with Crippen LogP contribution in [0.3, 0.4) is 0 Å². The number of aromatic nitrogens is 2. The number of fused-ring (bicyclic) bond motifs is 1. The Morgan fingerprint density at radius 3 is 2.86 bits per heavy atom. The summed E-state index contributed by atoms with van der Waals surface area (Å²) in [6.07, 6.45) is 2.63. The highest BCUT2D eigenvalue weighted by molar-refractivity contribution is 5.81. The van der Waals surface area contributed by atoms with E-state index in [1.54, 1.807) is 0 Å². The van der Waals surface area contributed by atoms with Crippen molar-refractivity contribution in [3.63, 3.8) is 0 Å². The molecular formula is C17H25N3O. The Labute approximate surface area is 126 Å². The molecule has 0 radical (unpaired) electrons. The molecule has 2 heterocycles. The molecule has 1 saturated heterocycles. The van der Waals surface area contributed by atoms with Crippen LogP contribution >= 0.6 is 0 Å². The van der Waals surface area contributed by atoms with Gasteiger partial charge in [-0.1, -0.05) is 18.2 Å². The smallest absolute Gasteiger partial charge is 0.0841 e. The van der Waals surface area contributed by atoms with Crippen molar-refractivity contribution in [2.75, 3.05) is 6.61 Å². The first kappa shape index (κ1) is 14.5. The Hall–Kier alpha value is -1.39. The highest BCUT2D eigenvalue weighted by Gasteiger charge is 2.19. The van der Waals surface area contributed by atoms with E-state index in [2.05, 4.69) is 55.0 Å². The Bertz CT molecular complexity index is 606. The van der Waals surface area contributed by atoms with Gasteiger partial charge in [0.25, 0.3) is 0 Å². The number of benzene rings is 1. The van der Waals surface area contributed by atoms with Gasteiger partial charge < -0.3 is 10.1 Å². The van der Waals surface area contributed by atoms with Crippen molar-refractivity contribution in [2.24, 2.45) is 0 Å². The van der Waals surface area contributed by atoms with Crippen LogP contribution < -0.4 is 5.32 Å². The molecular weight excluding hydrogens is 262 g/mol. The van der Waals surface area contributed by atoms with E-state index in [0.29, 0.717) is 6.10 Å². The lowest BCUT2D eigenvalue weighted by Crippen LogP contribution is -2.35. The second-order valence-corrected chi connectivity index (χ2v) is 6.88. The number of hydrogen-bond donors (Lipinski definition) is 1. The number of para-hydroxylation sites is 1. The van der Waals surface area contributed by atoms with Gasteiger partial charge in [0, 0.05) is 24.1 Å². The molecule has 0 amide bonds. The zero-order valence-electron chi connectivity index (χ0n) is 13.2. The standard InChI is InChI=1S/C17H25N3O/c1-17(2,3)18-11-15-14-8-4-5-9-16(14)20(19-15)12-13-7-6-10-21-13/h4-5,8-9,13,18H,6-7,10-12H2,1-3H3. The molecule has 1 atom stereocenters. The lowest BCUT2D eigenvalue weighted by Gasteiger charge is -2.19. The van der Waals surface area contributed by atoms with E-state index in [0.717, 1.165) is 31.8 Å². The van der Waals surface area contributed by atoms with E-state index in [1.165, 1.54) is 17.3 Å². The largest absolute Gasteiger partial charge is 0.376 e. The summed E-state index contributed by atoms with van der Waals surface area (Å²) in [6, 6.07) is 8.48. The summed E-state index contributed by atoms with van der Waals surface area (Å²) in [5.41, 5.74) is 2.43. The Morgan fingerprint density at radius 1 is 1.33 bits per heavy atom. The summed E-state index contributed by atoms with van der Waals surface area (Å²) in [7, 11) is 0. The van der Waals surface area contributed by atoms with E-state index in [-0.39, 0.29) is 5.54 Å². The van der Waals surface area contributed by atoms with Crippen molar-refractivity contribution >= 4 is 10.9 Å². The monoisotopic (exact) mass is 287 g/mol. The lowest BCUT2D eigenvalue weighted by atomic mass is 10.1. The van der Waals surface area contributed by atoms with Crippen LogP contribution in [0.2, 0.25) is 0 Å². The second kappa shape index (κ2) is 5.78. The zero-order chi connectivity index (χ0) is 14.9. The van der Waals surface area contributed by atoms with Crippen LogP contribution in [-0.4, -0.2) is 28.0 Å². The molecule has 1 aliphatic heterocycles. The van der Waals surface area contributed by atoms with E-state index >= 15 is 0 Å². The molecule has 114 valence electrons. The molecule has 0 saturated carbocycles. The summed E-state index contributed by atoms with van der Waals surface area (Å²) in [5.74, 6) is 0. The quantitative estimate of drug-likeness (QED) is 0.939. The first-order valence-corrected chi connectivity index (χ1v) is 7.84. The molecule has 21 heavy (non-hydrogen) atoms. The van der Waals surface area contributed by atoms with Crippen molar-refractivity contribution in [1.82, 2.24) is 15.1 Å². The minimum atomic E-state index is 0.0967. The number of rotatable bonds is 4. The fraction of sp³-hybridized carbons (Fsp3) is 0.588. The van der Waals surface area contributed by atoms with Gasteiger partial charge in [0.05, 0.1) is 23.9 Å². The molecule has 4 heteroatoms. The molecule has 1 aromatic heterocycles.